The minimum atomic E-state index is -0.161. The molecule has 0 aliphatic rings. The lowest BCUT2D eigenvalue weighted by atomic mass is 10.1. The fourth-order valence-electron chi connectivity index (χ4n) is 1.86. The molecule has 5 nitrogen and oxygen atoms in total. The van der Waals surface area contributed by atoms with Crippen LogP contribution in [0.25, 0.3) is 0 Å². The molecule has 1 atom stereocenters. The molecule has 0 aromatic carbocycles. The Bertz CT molecular complexity index is 360. The predicted molar refractivity (Wildman–Crippen MR) is 66.9 cm³/mol. The number of nitrogens with one attached hydrogen (secondary N) is 1. The molecule has 0 saturated carbocycles. The monoisotopic (exact) mass is 239 g/mol. The predicted octanol–water partition coefficient (Wildman–Crippen LogP) is 2.08. The molecular weight excluding hydrogens is 218 g/mol. The maximum atomic E-state index is 11.4. The van der Waals surface area contributed by atoms with Crippen molar-refractivity contribution in [3.8, 4) is 0 Å². The van der Waals surface area contributed by atoms with E-state index in [1.54, 1.807) is 12.3 Å². The van der Waals surface area contributed by atoms with Gasteiger partial charge in [0.2, 0.25) is 0 Å². The summed E-state index contributed by atoms with van der Waals surface area (Å²) in [5.41, 5.74) is 0. The van der Waals surface area contributed by atoms with Gasteiger partial charge in [-0.2, -0.15) is 5.10 Å². The summed E-state index contributed by atoms with van der Waals surface area (Å²) in [5, 5.41) is 7.03. The number of ether oxygens (including phenoxy) is 1. The van der Waals surface area contributed by atoms with Gasteiger partial charge in [-0.25, -0.2) is 4.68 Å². The van der Waals surface area contributed by atoms with Gasteiger partial charge in [-0.05, 0) is 19.3 Å². The van der Waals surface area contributed by atoms with Gasteiger partial charge in [0.1, 0.15) is 12.4 Å². The van der Waals surface area contributed by atoms with E-state index in [-0.39, 0.29) is 18.6 Å². The molecule has 1 aromatic rings. The van der Waals surface area contributed by atoms with Crippen molar-refractivity contribution < 1.29 is 9.53 Å². The first-order chi connectivity index (χ1) is 8.04. The molecule has 96 valence electrons. The molecule has 0 fully saturated rings. The lowest BCUT2D eigenvalue weighted by Gasteiger charge is -2.17. The highest BCUT2D eigenvalue weighted by Crippen LogP contribution is 2.20. The normalized spacial score (nSPS) is 12.8. The molecule has 0 spiro atoms. The maximum Gasteiger partial charge on any atom is 0.251 e. The standard InChI is InChI=1S/C12H21N3O2/c1-9(2)7-10(3)15-11(5-6-13-15)14-12(16)8-17-4/h5-6,9-10H,7-8H2,1-4H3,(H,14,16)/t10-/m1/s1. The smallest absolute Gasteiger partial charge is 0.251 e. The number of methoxy groups -OCH3 is 1. The van der Waals surface area contributed by atoms with Crippen molar-refractivity contribution in [3.63, 3.8) is 0 Å². The number of carbonyl (C=O) groups excluding carboxylic acids is 1. The Morgan fingerprint density at radius 2 is 2.24 bits per heavy atom. The molecule has 0 radical (unpaired) electrons. The summed E-state index contributed by atoms with van der Waals surface area (Å²) in [6.07, 6.45) is 2.72. The van der Waals surface area contributed by atoms with Crippen molar-refractivity contribution in [1.82, 2.24) is 9.78 Å². The molecule has 1 heterocycles. The number of nitrogens with zero attached hydrogens (tertiary/aromatic N) is 2. The fourth-order valence-corrected chi connectivity index (χ4v) is 1.86. The second kappa shape index (κ2) is 6.39. The summed E-state index contributed by atoms with van der Waals surface area (Å²) in [6, 6.07) is 2.06. The first-order valence-corrected chi connectivity index (χ1v) is 5.87. The summed E-state index contributed by atoms with van der Waals surface area (Å²) in [7, 11) is 1.50. The second-order valence-corrected chi connectivity index (χ2v) is 4.62. The number of anilines is 1. The molecule has 0 saturated heterocycles. The molecule has 17 heavy (non-hydrogen) atoms. The van der Waals surface area contributed by atoms with Gasteiger partial charge < -0.3 is 10.1 Å². The van der Waals surface area contributed by atoms with Gasteiger partial charge in [-0.3, -0.25) is 4.79 Å². The molecule has 5 heteroatoms. The zero-order chi connectivity index (χ0) is 12.8. The SMILES string of the molecule is COCC(=O)Nc1ccnn1[C@H](C)CC(C)C. The van der Waals surface area contributed by atoms with Crippen LogP contribution in [0.2, 0.25) is 0 Å². The average molecular weight is 239 g/mol. The van der Waals surface area contributed by atoms with Gasteiger partial charge in [0.25, 0.3) is 5.91 Å². The van der Waals surface area contributed by atoms with Crippen LogP contribution < -0.4 is 5.32 Å². The zero-order valence-electron chi connectivity index (χ0n) is 10.9. The van der Waals surface area contributed by atoms with E-state index >= 15 is 0 Å². The summed E-state index contributed by atoms with van der Waals surface area (Å²) in [5.74, 6) is 1.16. The van der Waals surface area contributed by atoms with Gasteiger partial charge >= 0.3 is 0 Å². The first kappa shape index (κ1) is 13.7. The Hall–Kier alpha value is -1.36. The van der Waals surface area contributed by atoms with Crippen molar-refractivity contribution in [1.29, 1.82) is 0 Å². The summed E-state index contributed by atoms with van der Waals surface area (Å²) in [6.45, 7) is 6.50. The molecule has 0 aliphatic carbocycles. The van der Waals surface area contributed by atoms with Crippen molar-refractivity contribution in [3.05, 3.63) is 12.3 Å². The maximum absolute atomic E-state index is 11.4. The number of hydrogen-bond acceptors (Lipinski definition) is 3. The number of aromatic nitrogens is 2. The van der Waals surface area contributed by atoms with Gasteiger partial charge in [0.15, 0.2) is 0 Å². The van der Waals surface area contributed by atoms with E-state index in [9.17, 15) is 4.79 Å². The Labute approximate surface area is 102 Å². The Kier molecular flexibility index (Phi) is 5.15. The third-order valence-corrected chi connectivity index (χ3v) is 2.44. The highest BCUT2D eigenvalue weighted by Gasteiger charge is 2.13. The largest absolute Gasteiger partial charge is 0.375 e. The van der Waals surface area contributed by atoms with Crippen LogP contribution in [-0.2, 0) is 9.53 Å². The van der Waals surface area contributed by atoms with Crippen LogP contribution in [0.4, 0.5) is 5.82 Å². The Morgan fingerprint density at radius 1 is 1.53 bits per heavy atom. The quantitative estimate of drug-likeness (QED) is 0.826. The third kappa shape index (κ3) is 4.19. The van der Waals surface area contributed by atoms with Crippen LogP contribution >= 0.6 is 0 Å². The van der Waals surface area contributed by atoms with Crippen molar-refractivity contribution >= 4 is 11.7 Å². The topological polar surface area (TPSA) is 56.1 Å². The lowest BCUT2D eigenvalue weighted by Crippen LogP contribution is -2.21. The van der Waals surface area contributed by atoms with E-state index in [0.717, 1.165) is 12.2 Å². The van der Waals surface area contributed by atoms with Gasteiger partial charge in [-0.1, -0.05) is 13.8 Å². The fraction of sp³-hybridized carbons (Fsp3) is 0.667. The van der Waals surface area contributed by atoms with Crippen LogP contribution in [0.1, 0.15) is 33.2 Å². The zero-order valence-corrected chi connectivity index (χ0v) is 10.9. The minimum Gasteiger partial charge on any atom is -0.375 e. The molecule has 1 rings (SSSR count). The average Bonchev–Trinajstić information content (AvgIpc) is 2.65. The molecule has 0 bridgehead atoms. The van der Waals surface area contributed by atoms with Crippen LogP contribution in [0, 0.1) is 5.92 Å². The summed E-state index contributed by atoms with van der Waals surface area (Å²) in [4.78, 5) is 11.4. The van der Waals surface area contributed by atoms with E-state index in [4.69, 9.17) is 4.74 Å². The molecule has 1 aromatic heterocycles. The van der Waals surface area contributed by atoms with Crippen molar-refractivity contribution in [2.45, 2.75) is 33.2 Å². The van der Waals surface area contributed by atoms with E-state index in [1.165, 1.54) is 7.11 Å². The van der Waals surface area contributed by atoms with Crippen LogP contribution in [-0.4, -0.2) is 29.4 Å². The molecule has 0 unspecified atom stereocenters. The number of hydrogen-bond donors (Lipinski definition) is 1. The van der Waals surface area contributed by atoms with E-state index < -0.39 is 0 Å². The highest BCUT2D eigenvalue weighted by atomic mass is 16.5. The second-order valence-electron chi connectivity index (χ2n) is 4.62. The Balaban J connectivity index is 2.68. The highest BCUT2D eigenvalue weighted by molar-refractivity contribution is 5.90. The van der Waals surface area contributed by atoms with E-state index in [1.807, 2.05) is 4.68 Å². The molecular formula is C12H21N3O2. The van der Waals surface area contributed by atoms with Gasteiger partial charge in [-0.15, -0.1) is 0 Å². The van der Waals surface area contributed by atoms with Gasteiger partial charge in [0, 0.05) is 13.2 Å². The van der Waals surface area contributed by atoms with Crippen molar-refractivity contribution in [2.75, 3.05) is 19.0 Å². The van der Waals surface area contributed by atoms with Crippen LogP contribution in [0.5, 0.6) is 0 Å². The molecule has 1 amide bonds. The van der Waals surface area contributed by atoms with E-state index in [0.29, 0.717) is 5.92 Å². The number of rotatable bonds is 6. The number of amides is 1. The summed E-state index contributed by atoms with van der Waals surface area (Å²) < 4.78 is 6.62. The Morgan fingerprint density at radius 3 is 2.82 bits per heavy atom. The van der Waals surface area contributed by atoms with Gasteiger partial charge in [0.05, 0.1) is 12.2 Å². The third-order valence-electron chi connectivity index (χ3n) is 2.44. The van der Waals surface area contributed by atoms with Crippen LogP contribution in [0.3, 0.4) is 0 Å². The van der Waals surface area contributed by atoms with Crippen molar-refractivity contribution in [2.24, 2.45) is 5.92 Å². The minimum absolute atomic E-state index is 0.0593. The first-order valence-electron chi connectivity index (χ1n) is 5.87. The molecule has 0 aliphatic heterocycles. The molecule has 1 N–H and O–H groups in total. The van der Waals surface area contributed by atoms with E-state index in [2.05, 4.69) is 31.2 Å². The number of carbonyl (C=O) groups is 1. The lowest BCUT2D eigenvalue weighted by molar-refractivity contribution is -0.119. The van der Waals surface area contributed by atoms with Crippen LogP contribution in [0.15, 0.2) is 12.3 Å². The summed E-state index contributed by atoms with van der Waals surface area (Å²) >= 11 is 0.